The molecule has 0 aromatic heterocycles. The quantitative estimate of drug-likeness (QED) is 0.235. The monoisotopic (exact) mass is 546 g/mol. The molecule has 0 aliphatic carbocycles. The lowest BCUT2D eigenvalue weighted by Crippen LogP contribution is -2.37. The van der Waals surface area contributed by atoms with Gasteiger partial charge in [0.2, 0.25) is 9.84 Å². The van der Waals surface area contributed by atoms with Gasteiger partial charge < -0.3 is 39.4 Å². The largest absolute Gasteiger partial charge is 0.382 e. The normalized spacial score (nSPS) is 21.3. The van der Waals surface area contributed by atoms with Gasteiger partial charge in [0.25, 0.3) is 11.8 Å². The number of carbonyl (C=O) groups is 2. The lowest BCUT2D eigenvalue weighted by atomic mass is 10.2. The third kappa shape index (κ3) is 11.0. The van der Waals surface area contributed by atoms with Crippen LogP contribution in [0.5, 0.6) is 0 Å². The van der Waals surface area contributed by atoms with Gasteiger partial charge in [-0.15, -0.1) is 0 Å². The SMILES string of the molecule is CN(C)/C=C(\C(=O)NCCOC1CCCCO1)S(=O)(=O)/C(=C/N(C)C)C(=O)NCCOC1CCCCO1. The van der Waals surface area contributed by atoms with Crippen LogP contribution >= 0.6 is 0 Å². The van der Waals surface area contributed by atoms with Crippen molar-refractivity contribution in [3.05, 3.63) is 22.2 Å². The van der Waals surface area contributed by atoms with Gasteiger partial charge in [-0.3, -0.25) is 9.59 Å². The molecule has 0 bridgehead atoms. The van der Waals surface area contributed by atoms with E-state index in [-0.39, 0.29) is 38.9 Å². The minimum absolute atomic E-state index is 0.0818. The minimum atomic E-state index is -4.48. The molecule has 212 valence electrons. The second kappa shape index (κ2) is 15.9. The van der Waals surface area contributed by atoms with Crippen LogP contribution in [0.25, 0.3) is 0 Å². The van der Waals surface area contributed by atoms with E-state index in [0.29, 0.717) is 13.2 Å². The molecule has 2 amide bonds. The van der Waals surface area contributed by atoms with Crippen molar-refractivity contribution in [3.63, 3.8) is 0 Å². The van der Waals surface area contributed by atoms with Crippen LogP contribution in [0.1, 0.15) is 38.5 Å². The Hall–Kier alpha value is -2.19. The summed E-state index contributed by atoms with van der Waals surface area (Å²) in [6.45, 7) is 1.76. The summed E-state index contributed by atoms with van der Waals surface area (Å²) in [5.41, 5.74) is 0. The highest BCUT2D eigenvalue weighted by molar-refractivity contribution is 8.00. The Morgan fingerprint density at radius 2 is 1.19 bits per heavy atom. The number of nitrogens with one attached hydrogen (secondary N) is 2. The van der Waals surface area contributed by atoms with Gasteiger partial charge in [-0.1, -0.05) is 0 Å². The first-order chi connectivity index (χ1) is 17.6. The van der Waals surface area contributed by atoms with E-state index in [1.807, 2.05) is 0 Å². The molecule has 2 rings (SSSR count). The fourth-order valence-electron chi connectivity index (χ4n) is 3.66. The first-order valence-electron chi connectivity index (χ1n) is 12.7. The molecule has 0 radical (unpaired) electrons. The fourth-order valence-corrected chi connectivity index (χ4v) is 5.23. The Balaban J connectivity index is 2.03. The number of hydrogen-bond acceptors (Lipinski definition) is 10. The van der Waals surface area contributed by atoms with Crippen LogP contribution in [0.15, 0.2) is 22.2 Å². The van der Waals surface area contributed by atoms with Crippen molar-refractivity contribution < 1.29 is 37.0 Å². The Kier molecular flexibility index (Phi) is 13.4. The lowest BCUT2D eigenvalue weighted by Gasteiger charge is -2.23. The molecule has 0 aromatic rings. The van der Waals surface area contributed by atoms with Crippen molar-refractivity contribution in [1.29, 1.82) is 0 Å². The van der Waals surface area contributed by atoms with Crippen molar-refractivity contribution in [1.82, 2.24) is 20.4 Å². The number of rotatable bonds is 14. The van der Waals surface area contributed by atoms with E-state index >= 15 is 0 Å². The molecule has 0 aromatic carbocycles. The van der Waals surface area contributed by atoms with E-state index in [2.05, 4.69) is 10.6 Å². The maximum absolute atomic E-state index is 13.5. The van der Waals surface area contributed by atoms with Crippen molar-refractivity contribution in [2.45, 2.75) is 51.1 Å². The highest BCUT2D eigenvalue weighted by atomic mass is 32.2. The number of nitrogens with zero attached hydrogens (tertiary/aromatic N) is 2. The zero-order chi connectivity index (χ0) is 27.3. The maximum Gasteiger partial charge on any atom is 0.264 e. The van der Waals surface area contributed by atoms with Gasteiger partial charge in [-0.05, 0) is 38.5 Å². The third-order valence-electron chi connectivity index (χ3n) is 5.44. The van der Waals surface area contributed by atoms with Gasteiger partial charge in [0, 0.05) is 66.9 Å². The van der Waals surface area contributed by atoms with Crippen molar-refractivity contribution in [2.24, 2.45) is 0 Å². The Morgan fingerprint density at radius 3 is 1.51 bits per heavy atom. The number of hydrogen-bond donors (Lipinski definition) is 2. The molecule has 2 N–H and O–H groups in total. The summed E-state index contributed by atoms with van der Waals surface area (Å²) in [4.78, 5) is 27.6. The summed E-state index contributed by atoms with van der Waals surface area (Å²) in [6.07, 6.45) is 7.27. The molecule has 0 saturated carbocycles. The first-order valence-corrected chi connectivity index (χ1v) is 14.1. The van der Waals surface area contributed by atoms with Gasteiger partial charge in [0.1, 0.15) is 0 Å². The van der Waals surface area contributed by atoms with E-state index in [1.54, 1.807) is 28.2 Å². The van der Waals surface area contributed by atoms with Gasteiger partial charge >= 0.3 is 0 Å². The molecule has 2 aliphatic heterocycles. The average molecular weight is 547 g/mol. The van der Waals surface area contributed by atoms with E-state index in [4.69, 9.17) is 18.9 Å². The molecular weight excluding hydrogens is 504 g/mol. The van der Waals surface area contributed by atoms with Crippen LogP contribution in [0.2, 0.25) is 0 Å². The number of amides is 2. The highest BCUT2D eigenvalue weighted by Crippen LogP contribution is 2.20. The van der Waals surface area contributed by atoms with E-state index in [1.165, 1.54) is 22.2 Å². The first kappa shape index (κ1) is 31.0. The summed E-state index contributed by atoms with van der Waals surface area (Å²) in [7, 11) is 1.88. The zero-order valence-corrected chi connectivity index (χ0v) is 23.2. The third-order valence-corrected chi connectivity index (χ3v) is 7.18. The Morgan fingerprint density at radius 1 is 0.784 bits per heavy atom. The molecule has 2 aliphatic rings. The van der Waals surface area contributed by atoms with Crippen molar-refractivity contribution in [3.8, 4) is 0 Å². The highest BCUT2D eigenvalue weighted by Gasteiger charge is 2.34. The van der Waals surface area contributed by atoms with E-state index in [9.17, 15) is 18.0 Å². The van der Waals surface area contributed by atoms with E-state index < -0.39 is 31.5 Å². The Bertz CT molecular complexity index is 826. The van der Waals surface area contributed by atoms with Gasteiger partial charge in [0.05, 0.1) is 13.2 Å². The molecule has 37 heavy (non-hydrogen) atoms. The molecule has 0 spiro atoms. The molecule has 12 nitrogen and oxygen atoms in total. The average Bonchev–Trinajstić information content (AvgIpc) is 2.87. The van der Waals surface area contributed by atoms with Gasteiger partial charge in [-0.2, -0.15) is 0 Å². The molecule has 13 heteroatoms. The molecule has 2 unspecified atom stereocenters. The molecule has 2 atom stereocenters. The summed E-state index contributed by atoms with van der Waals surface area (Å²) < 4.78 is 49.2. The molecule has 2 fully saturated rings. The molecular formula is C24H42N4O8S. The Labute approximate surface area is 220 Å². The smallest absolute Gasteiger partial charge is 0.264 e. The van der Waals surface area contributed by atoms with Crippen LogP contribution in [-0.2, 0) is 38.4 Å². The number of carbonyl (C=O) groups excluding carboxylic acids is 2. The lowest BCUT2D eigenvalue weighted by molar-refractivity contribution is -0.161. The predicted octanol–water partition coefficient (Wildman–Crippen LogP) is 0.526. The van der Waals surface area contributed by atoms with Gasteiger partial charge in [0.15, 0.2) is 22.4 Å². The van der Waals surface area contributed by atoms with Gasteiger partial charge in [-0.25, -0.2) is 8.42 Å². The van der Waals surface area contributed by atoms with Crippen LogP contribution in [0.3, 0.4) is 0 Å². The standard InChI is InChI=1S/C24H42N4O8S/c1-27(2)17-19(23(29)25-11-15-35-21-9-5-7-13-33-21)37(31,32)20(18-28(3)4)24(30)26-12-16-36-22-10-6-8-14-34-22/h17-18,21-22H,5-16H2,1-4H3,(H,25,29)(H,26,30)/b19-17+,20-18+. The second-order valence-electron chi connectivity index (χ2n) is 9.26. The molecule has 2 saturated heterocycles. The zero-order valence-electron chi connectivity index (χ0n) is 22.4. The summed E-state index contributed by atoms with van der Waals surface area (Å²) in [6, 6.07) is 0. The van der Waals surface area contributed by atoms with Crippen LogP contribution < -0.4 is 10.6 Å². The minimum Gasteiger partial charge on any atom is -0.382 e. The van der Waals surface area contributed by atoms with Crippen molar-refractivity contribution in [2.75, 3.05) is 67.7 Å². The fraction of sp³-hybridized carbons (Fsp3) is 0.750. The van der Waals surface area contributed by atoms with Crippen LogP contribution in [0.4, 0.5) is 0 Å². The van der Waals surface area contributed by atoms with Crippen LogP contribution in [0, 0.1) is 0 Å². The van der Waals surface area contributed by atoms with Crippen molar-refractivity contribution >= 4 is 21.7 Å². The second-order valence-corrected chi connectivity index (χ2v) is 11.1. The topological polar surface area (TPSA) is 136 Å². The van der Waals surface area contributed by atoms with Crippen LogP contribution in [-0.4, -0.2) is 110 Å². The number of ether oxygens (including phenoxy) is 4. The number of sulfone groups is 1. The summed E-state index contributed by atoms with van der Waals surface area (Å²) >= 11 is 0. The van der Waals surface area contributed by atoms with E-state index in [0.717, 1.165) is 38.5 Å². The predicted molar refractivity (Wildman–Crippen MR) is 138 cm³/mol. The molecule has 2 heterocycles. The summed E-state index contributed by atoms with van der Waals surface area (Å²) in [5.74, 6) is -1.67. The summed E-state index contributed by atoms with van der Waals surface area (Å²) in [5, 5.41) is 5.14. The maximum atomic E-state index is 13.5.